The Kier molecular flexibility index (Phi) is 3.44. The van der Waals surface area contributed by atoms with Gasteiger partial charge >= 0.3 is 8.80 Å². The molecule has 1 aliphatic carbocycles. The van der Waals surface area contributed by atoms with Crippen LogP contribution in [0.1, 0.15) is 13.3 Å². The van der Waals surface area contributed by atoms with Crippen molar-refractivity contribution in [2.45, 2.75) is 13.3 Å². The summed E-state index contributed by atoms with van der Waals surface area (Å²) in [6.07, 6.45) is 5.11. The van der Waals surface area contributed by atoms with E-state index >= 15 is 0 Å². The van der Waals surface area contributed by atoms with Gasteiger partial charge in [0.2, 0.25) is 0 Å². The first-order valence-electron chi connectivity index (χ1n) is 4.22. The molecular formula is C9H16O3Si. The zero-order valence-electron chi connectivity index (χ0n) is 8.59. The molecule has 3 nitrogen and oxygen atoms in total. The van der Waals surface area contributed by atoms with E-state index in [9.17, 15) is 0 Å². The van der Waals surface area contributed by atoms with Crippen molar-refractivity contribution in [3.63, 3.8) is 0 Å². The maximum atomic E-state index is 5.38. The Labute approximate surface area is 80.4 Å². The quantitative estimate of drug-likeness (QED) is 0.646. The minimum absolute atomic E-state index is 0.972. The van der Waals surface area contributed by atoms with Crippen molar-refractivity contribution < 1.29 is 13.3 Å². The summed E-state index contributed by atoms with van der Waals surface area (Å²) in [4.78, 5) is 0. The first-order valence-corrected chi connectivity index (χ1v) is 5.95. The molecule has 0 N–H and O–H groups in total. The van der Waals surface area contributed by atoms with Gasteiger partial charge in [-0.2, -0.15) is 0 Å². The van der Waals surface area contributed by atoms with Gasteiger partial charge in [0.15, 0.2) is 0 Å². The Bertz CT molecular complexity index is 233. The van der Waals surface area contributed by atoms with Crippen LogP contribution in [0.15, 0.2) is 22.9 Å². The molecule has 0 radical (unpaired) electrons. The lowest BCUT2D eigenvalue weighted by Gasteiger charge is -2.25. The molecule has 0 bridgehead atoms. The highest BCUT2D eigenvalue weighted by molar-refractivity contribution is 6.69. The van der Waals surface area contributed by atoms with Crippen molar-refractivity contribution in [1.29, 1.82) is 0 Å². The third kappa shape index (κ3) is 1.76. The molecule has 1 rings (SSSR count). The average molecular weight is 200 g/mol. The molecule has 74 valence electrons. The van der Waals surface area contributed by atoms with Gasteiger partial charge in [-0.3, -0.25) is 0 Å². The SMILES string of the molecule is CO[Si](OC)(OC)C1=C(C)CC=C1. The number of hydrogen-bond acceptors (Lipinski definition) is 3. The zero-order valence-corrected chi connectivity index (χ0v) is 9.59. The summed E-state index contributed by atoms with van der Waals surface area (Å²) in [6.45, 7) is 2.08. The minimum Gasteiger partial charge on any atom is -0.373 e. The molecule has 0 aromatic rings. The summed E-state index contributed by atoms with van der Waals surface area (Å²) in [5.41, 5.74) is 1.28. The monoisotopic (exact) mass is 200 g/mol. The highest BCUT2D eigenvalue weighted by atomic mass is 28.4. The third-order valence-corrected chi connectivity index (χ3v) is 5.17. The maximum Gasteiger partial charge on any atom is 0.536 e. The molecule has 0 saturated heterocycles. The lowest BCUT2D eigenvalue weighted by molar-refractivity contribution is 0.135. The Balaban J connectivity index is 2.99. The summed E-state index contributed by atoms with van der Waals surface area (Å²) in [7, 11) is 2.34. The molecule has 1 aliphatic rings. The van der Waals surface area contributed by atoms with E-state index < -0.39 is 8.80 Å². The summed E-state index contributed by atoms with van der Waals surface area (Å²) >= 11 is 0. The predicted molar refractivity (Wildman–Crippen MR) is 53.2 cm³/mol. The van der Waals surface area contributed by atoms with Gasteiger partial charge in [0.05, 0.1) is 0 Å². The molecule has 0 amide bonds. The number of allylic oxidation sites excluding steroid dienone is 4. The highest BCUT2D eigenvalue weighted by Crippen LogP contribution is 2.28. The van der Waals surface area contributed by atoms with Gasteiger partial charge in [-0.25, -0.2) is 0 Å². The molecular weight excluding hydrogens is 184 g/mol. The number of hydrogen-bond donors (Lipinski definition) is 0. The van der Waals surface area contributed by atoms with Crippen LogP contribution in [0.4, 0.5) is 0 Å². The second-order valence-electron chi connectivity index (χ2n) is 2.97. The van der Waals surface area contributed by atoms with Crippen molar-refractivity contribution >= 4 is 8.80 Å². The Morgan fingerprint density at radius 2 is 1.69 bits per heavy atom. The predicted octanol–water partition coefficient (Wildman–Crippen LogP) is 1.68. The van der Waals surface area contributed by atoms with E-state index in [0.29, 0.717) is 0 Å². The van der Waals surface area contributed by atoms with Crippen LogP contribution in [0.5, 0.6) is 0 Å². The summed E-state index contributed by atoms with van der Waals surface area (Å²) in [5.74, 6) is 0. The Hall–Kier alpha value is -0.423. The molecule has 0 fully saturated rings. The lowest BCUT2D eigenvalue weighted by atomic mass is 10.3. The van der Waals surface area contributed by atoms with Crippen LogP contribution in [0.25, 0.3) is 0 Å². The van der Waals surface area contributed by atoms with E-state index in [1.165, 1.54) is 5.57 Å². The van der Waals surface area contributed by atoms with Crippen LogP contribution < -0.4 is 0 Å². The molecule has 0 aromatic carbocycles. The second-order valence-corrected chi connectivity index (χ2v) is 5.84. The van der Waals surface area contributed by atoms with Crippen molar-refractivity contribution in [2.24, 2.45) is 0 Å². The van der Waals surface area contributed by atoms with Gasteiger partial charge in [-0.1, -0.05) is 17.7 Å². The molecule has 0 unspecified atom stereocenters. The fourth-order valence-electron chi connectivity index (χ4n) is 1.55. The van der Waals surface area contributed by atoms with Crippen LogP contribution in [0, 0.1) is 0 Å². The fraction of sp³-hybridized carbons (Fsp3) is 0.556. The van der Waals surface area contributed by atoms with Gasteiger partial charge in [-0.05, 0) is 13.3 Å². The van der Waals surface area contributed by atoms with Crippen molar-refractivity contribution in [3.05, 3.63) is 22.9 Å². The van der Waals surface area contributed by atoms with Crippen LogP contribution in [-0.4, -0.2) is 30.1 Å². The van der Waals surface area contributed by atoms with Crippen LogP contribution in [-0.2, 0) is 13.3 Å². The molecule has 0 atom stereocenters. The van der Waals surface area contributed by atoms with E-state index in [1.807, 2.05) is 6.08 Å². The third-order valence-electron chi connectivity index (χ3n) is 2.30. The zero-order chi connectivity index (χ0) is 9.90. The van der Waals surface area contributed by atoms with Crippen molar-refractivity contribution in [3.8, 4) is 0 Å². The van der Waals surface area contributed by atoms with E-state index in [-0.39, 0.29) is 0 Å². The molecule has 13 heavy (non-hydrogen) atoms. The largest absolute Gasteiger partial charge is 0.536 e. The van der Waals surface area contributed by atoms with Gasteiger partial charge in [0.25, 0.3) is 0 Å². The number of rotatable bonds is 4. The topological polar surface area (TPSA) is 27.7 Å². The first-order chi connectivity index (χ1) is 6.20. The average Bonchev–Trinajstić information content (AvgIpc) is 2.57. The normalized spacial score (nSPS) is 17.2. The lowest BCUT2D eigenvalue weighted by Crippen LogP contribution is -2.45. The van der Waals surface area contributed by atoms with Gasteiger partial charge < -0.3 is 13.3 Å². The van der Waals surface area contributed by atoms with Gasteiger partial charge in [-0.15, -0.1) is 0 Å². The minimum atomic E-state index is -2.55. The fourth-order valence-corrected chi connectivity index (χ4v) is 3.66. The van der Waals surface area contributed by atoms with Gasteiger partial charge in [0.1, 0.15) is 0 Å². The van der Waals surface area contributed by atoms with Crippen LogP contribution in [0.2, 0.25) is 0 Å². The van der Waals surface area contributed by atoms with E-state index in [1.54, 1.807) is 21.3 Å². The van der Waals surface area contributed by atoms with Crippen molar-refractivity contribution in [2.75, 3.05) is 21.3 Å². The van der Waals surface area contributed by atoms with E-state index in [2.05, 4.69) is 13.0 Å². The summed E-state index contributed by atoms with van der Waals surface area (Å²) in [5, 5.41) is 1.10. The molecule has 4 heteroatoms. The van der Waals surface area contributed by atoms with E-state index in [4.69, 9.17) is 13.3 Å². The molecule has 0 saturated carbocycles. The highest BCUT2D eigenvalue weighted by Gasteiger charge is 2.43. The standard InChI is InChI=1S/C9H16O3Si/c1-8-6-5-7-9(8)13(10-2,11-3)12-4/h5,7H,6H2,1-4H3. The molecule has 0 aromatic heterocycles. The maximum absolute atomic E-state index is 5.38. The smallest absolute Gasteiger partial charge is 0.373 e. The first kappa shape index (κ1) is 10.7. The molecule has 0 spiro atoms. The van der Waals surface area contributed by atoms with Crippen LogP contribution >= 0.6 is 0 Å². The molecule has 0 heterocycles. The van der Waals surface area contributed by atoms with Crippen LogP contribution in [0.3, 0.4) is 0 Å². The second kappa shape index (κ2) is 4.19. The summed E-state index contributed by atoms with van der Waals surface area (Å²) in [6, 6.07) is 0. The Morgan fingerprint density at radius 1 is 1.15 bits per heavy atom. The van der Waals surface area contributed by atoms with E-state index in [0.717, 1.165) is 11.6 Å². The van der Waals surface area contributed by atoms with Gasteiger partial charge in [0, 0.05) is 26.5 Å². The van der Waals surface area contributed by atoms with Crippen molar-refractivity contribution in [1.82, 2.24) is 0 Å². The Morgan fingerprint density at radius 3 is 2.00 bits per heavy atom. The molecule has 0 aliphatic heterocycles. The summed E-state index contributed by atoms with van der Waals surface area (Å²) < 4.78 is 16.1.